The number of aromatic nitrogens is 12. The molecule has 1 unspecified atom stereocenters. The SMILES string of the molecule is CS(=O)(=O)c1nc(NC2CC2)n2ncc(/C=C3\CC(=O)NC3=O)c2n1.CS(=O)c1nc(NC2CC2)n2ncc(/C=C3\CC(=O)NC3=O)c2n1.O=C1C/C(=C\c2cnn3c(NC4CC4)nc(Oc4cccc(Cl)c4)nc23)C(=O)N1. The number of ether oxygens (including phenoxy) is 1. The molecule has 78 heavy (non-hydrogen) atoms. The molecule has 13 rings (SSSR count). The van der Waals surface area contributed by atoms with Gasteiger partial charge in [-0.05, 0) is 75.0 Å². The Bertz CT molecular complexity index is 3970. The Morgan fingerprint density at radius 3 is 1.44 bits per heavy atom. The van der Waals surface area contributed by atoms with Crippen LogP contribution < -0.4 is 36.6 Å². The van der Waals surface area contributed by atoms with Crippen LogP contribution in [0.2, 0.25) is 5.02 Å². The zero-order chi connectivity index (χ0) is 54.6. The number of fused-ring (bicyclic) bond motifs is 3. The normalized spacial score (nSPS) is 19.2. The fourth-order valence-electron chi connectivity index (χ4n) is 7.84. The Labute approximate surface area is 447 Å². The van der Waals surface area contributed by atoms with Crippen LogP contribution in [-0.2, 0) is 49.4 Å². The molecule has 6 aromatic heterocycles. The lowest BCUT2D eigenvalue weighted by molar-refractivity contribution is -0.125. The van der Waals surface area contributed by atoms with Gasteiger partial charge in [0.05, 0.1) is 48.7 Å². The molecule has 6 amide bonds. The smallest absolute Gasteiger partial charge is 0.327 e. The van der Waals surface area contributed by atoms with E-state index in [0.29, 0.717) is 73.9 Å². The average Bonchev–Trinajstić information content (AvgIpc) is 4.36. The number of nitrogens with one attached hydrogen (secondary N) is 6. The zero-order valence-electron chi connectivity index (χ0n) is 41.0. The fraction of sp³-hybridized carbons (Fsp3) is 0.298. The van der Waals surface area contributed by atoms with Crippen molar-refractivity contribution in [2.75, 3.05) is 28.5 Å². The molecule has 400 valence electrons. The van der Waals surface area contributed by atoms with Crippen molar-refractivity contribution >= 4 is 121 Å². The number of amides is 6. The summed E-state index contributed by atoms with van der Waals surface area (Å²) in [7, 11) is -4.99. The Kier molecular flexibility index (Phi) is 13.5. The number of halogens is 1. The highest BCUT2D eigenvalue weighted by Crippen LogP contribution is 2.31. The molecule has 7 aromatic rings. The summed E-state index contributed by atoms with van der Waals surface area (Å²) in [6.45, 7) is 0. The fourth-order valence-corrected chi connectivity index (χ4v) is 8.96. The molecule has 6 N–H and O–H groups in total. The third kappa shape index (κ3) is 11.6. The zero-order valence-corrected chi connectivity index (χ0v) is 43.4. The second kappa shape index (κ2) is 20.6. The molecule has 31 heteroatoms. The molecule has 0 bridgehead atoms. The van der Waals surface area contributed by atoms with E-state index in [1.807, 2.05) is 0 Å². The van der Waals surface area contributed by atoms with Gasteiger partial charge < -0.3 is 20.7 Å². The van der Waals surface area contributed by atoms with Crippen molar-refractivity contribution in [2.45, 2.75) is 86.2 Å². The third-order valence-electron chi connectivity index (χ3n) is 12.1. The van der Waals surface area contributed by atoms with Crippen LogP contribution in [0.1, 0.15) is 74.5 Å². The van der Waals surface area contributed by atoms with Gasteiger partial charge in [0.2, 0.25) is 50.6 Å². The largest absolute Gasteiger partial charge is 0.424 e. The second-order valence-electron chi connectivity index (χ2n) is 18.7. The van der Waals surface area contributed by atoms with Crippen LogP contribution in [0.25, 0.3) is 35.2 Å². The van der Waals surface area contributed by atoms with Crippen LogP contribution in [0.3, 0.4) is 0 Å². The van der Waals surface area contributed by atoms with E-state index in [0.717, 1.165) is 44.8 Å². The number of nitrogens with zero attached hydrogens (tertiary/aromatic N) is 12. The highest BCUT2D eigenvalue weighted by atomic mass is 35.5. The molecule has 0 radical (unpaired) electrons. The number of anilines is 3. The topological polar surface area (TPSA) is 364 Å². The minimum Gasteiger partial charge on any atom is -0.424 e. The van der Waals surface area contributed by atoms with Gasteiger partial charge in [-0.3, -0.25) is 48.9 Å². The van der Waals surface area contributed by atoms with Crippen molar-refractivity contribution in [2.24, 2.45) is 0 Å². The molecule has 3 aliphatic heterocycles. The standard InChI is InChI=1S/C19H15ClN6O3.C14H14N6O4S.C14H14N6O3S/c20-12-2-1-3-14(8-12)29-19-24-16-11(6-10-7-15(27)23-17(10)28)9-21-26(16)18(25-19)22-13-4-5-13;1-25(23,24)14-18-11-8(4-7-5-10(21)17-12(7)22)6-15-20(11)13(19-14)16-9-2-3-9;1-24(23)14-18-11-8(4-7-5-10(21)17-12(7)22)6-15-20(11)13(19-14)16-9-2-3-9/h1-3,6,8-9,13H,4-5,7H2,(H,22,24,25)(H,23,27,28);4,6,9H,2-3,5H2,1H3,(H,16,18,19)(H,17,21,22);4,6,9H,2-3,5H2,1H3,(H,16,18,19)(H,17,21,22)/b10-6+;2*7-4+. The van der Waals surface area contributed by atoms with Gasteiger partial charge in [0, 0.05) is 69.1 Å². The van der Waals surface area contributed by atoms with Crippen molar-refractivity contribution < 1.29 is 46.1 Å². The van der Waals surface area contributed by atoms with Crippen molar-refractivity contribution in [3.8, 4) is 11.8 Å². The molecule has 3 aliphatic carbocycles. The predicted molar refractivity (Wildman–Crippen MR) is 276 cm³/mol. The molecule has 28 nitrogen and oxygen atoms in total. The third-order valence-corrected chi connectivity index (χ3v) is 13.9. The Balaban J connectivity index is 0.000000125. The summed E-state index contributed by atoms with van der Waals surface area (Å²) in [5, 5.41) is 29.5. The Morgan fingerprint density at radius 2 is 1.04 bits per heavy atom. The van der Waals surface area contributed by atoms with Crippen LogP contribution in [0.15, 0.2) is 69.9 Å². The van der Waals surface area contributed by atoms with Gasteiger partial charge in [0.25, 0.3) is 22.9 Å². The van der Waals surface area contributed by atoms with E-state index in [-0.39, 0.29) is 76.5 Å². The van der Waals surface area contributed by atoms with Crippen LogP contribution >= 0.6 is 11.6 Å². The molecule has 1 atom stereocenters. The predicted octanol–water partition coefficient (Wildman–Crippen LogP) is 1.97. The van der Waals surface area contributed by atoms with Crippen molar-refractivity contribution in [1.82, 2.24) is 74.7 Å². The number of hydrogen-bond acceptors (Lipinski definition) is 22. The molecule has 9 heterocycles. The first kappa shape index (κ1) is 51.2. The average molecular weight is 1120 g/mol. The molecule has 6 aliphatic rings. The number of benzene rings is 1. The molecular formula is C47H43ClN18O10S2. The number of carbonyl (C=O) groups excluding carboxylic acids is 6. The quantitative estimate of drug-likeness (QED) is 0.0710. The van der Waals surface area contributed by atoms with Gasteiger partial charge >= 0.3 is 6.01 Å². The van der Waals surface area contributed by atoms with Crippen molar-refractivity contribution in [1.29, 1.82) is 0 Å². The van der Waals surface area contributed by atoms with Crippen LogP contribution in [-0.4, -0.2) is 137 Å². The summed E-state index contributed by atoms with van der Waals surface area (Å²) in [5.41, 5.74) is 3.73. The lowest BCUT2D eigenvalue weighted by Gasteiger charge is -2.09. The minimum absolute atomic E-state index is 0.0281. The molecule has 3 saturated heterocycles. The molecule has 3 saturated carbocycles. The van der Waals surface area contributed by atoms with Gasteiger partial charge in [0.15, 0.2) is 16.9 Å². The van der Waals surface area contributed by atoms with Crippen LogP contribution in [0.5, 0.6) is 11.8 Å². The van der Waals surface area contributed by atoms with Gasteiger partial charge in [-0.2, -0.15) is 58.7 Å². The first-order valence-electron chi connectivity index (χ1n) is 24.1. The maximum Gasteiger partial charge on any atom is 0.327 e. The number of sulfone groups is 1. The highest BCUT2D eigenvalue weighted by Gasteiger charge is 2.31. The number of rotatable bonds is 13. The lowest BCUT2D eigenvalue weighted by atomic mass is 10.1. The van der Waals surface area contributed by atoms with Gasteiger partial charge in [0.1, 0.15) is 5.75 Å². The molecule has 6 fully saturated rings. The first-order chi connectivity index (χ1) is 37.4. The molecule has 1 aromatic carbocycles. The van der Waals surface area contributed by atoms with Gasteiger partial charge in [-0.25, -0.2) is 8.42 Å². The number of imide groups is 3. The summed E-state index contributed by atoms with van der Waals surface area (Å²) in [4.78, 5) is 95.0. The highest BCUT2D eigenvalue weighted by molar-refractivity contribution is 7.90. The van der Waals surface area contributed by atoms with E-state index in [4.69, 9.17) is 16.3 Å². The number of hydrogen-bond donors (Lipinski definition) is 6. The van der Waals surface area contributed by atoms with Crippen molar-refractivity contribution in [3.05, 3.63) is 81.3 Å². The lowest BCUT2D eigenvalue weighted by Crippen LogP contribution is -2.19. The second-order valence-corrected chi connectivity index (χ2v) is 22.3. The van der Waals surface area contributed by atoms with E-state index < -0.39 is 38.4 Å². The molecular weight excluding hydrogens is 1080 g/mol. The maximum atomic E-state index is 11.9. The summed E-state index contributed by atoms with van der Waals surface area (Å²) in [5.74, 6) is -0.580. The summed E-state index contributed by atoms with van der Waals surface area (Å²) in [6.07, 6.45) is 18.0. The van der Waals surface area contributed by atoms with E-state index in [2.05, 4.69) is 77.1 Å². The van der Waals surface area contributed by atoms with Gasteiger partial charge in [-0.15, -0.1) is 0 Å². The van der Waals surface area contributed by atoms with E-state index in [1.165, 1.54) is 27.6 Å². The summed E-state index contributed by atoms with van der Waals surface area (Å²) in [6, 6.07) is 7.95. The Hall–Kier alpha value is -8.90. The van der Waals surface area contributed by atoms with Gasteiger partial charge in [-0.1, -0.05) is 17.7 Å². The van der Waals surface area contributed by atoms with Crippen LogP contribution in [0, 0.1) is 0 Å². The van der Waals surface area contributed by atoms with Crippen molar-refractivity contribution in [3.63, 3.8) is 0 Å². The van der Waals surface area contributed by atoms with E-state index >= 15 is 0 Å². The Morgan fingerprint density at radius 1 is 0.615 bits per heavy atom. The van der Waals surface area contributed by atoms with Crippen LogP contribution in [0.4, 0.5) is 17.8 Å². The number of carbonyl (C=O) groups is 6. The maximum absolute atomic E-state index is 11.9. The van der Waals surface area contributed by atoms with E-state index in [9.17, 15) is 41.4 Å². The summed E-state index contributed by atoms with van der Waals surface area (Å²) < 4.78 is 45.9. The first-order valence-corrected chi connectivity index (χ1v) is 27.9. The monoisotopic (exact) mass is 1120 g/mol. The molecule has 0 spiro atoms. The summed E-state index contributed by atoms with van der Waals surface area (Å²) >= 11 is 6.02. The van der Waals surface area contributed by atoms with E-state index in [1.54, 1.807) is 53.3 Å². The minimum atomic E-state index is -3.63.